The minimum Gasteiger partial charge on any atom is -0.321 e. The lowest BCUT2D eigenvalue weighted by Gasteiger charge is -2.33. The molecule has 0 aromatic heterocycles. The van der Waals surface area contributed by atoms with Crippen LogP contribution in [0.2, 0.25) is 0 Å². The van der Waals surface area contributed by atoms with Gasteiger partial charge in [-0.3, -0.25) is 19.8 Å². The fourth-order valence-electron chi connectivity index (χ4n) is 3.47. The van der Waals surface area contributed by atoms with E-state index >= 15 is 0 Å². The number of aryl methyl sites for hydroxylation is 1. The fraction of sp³-hybridized carbons (Fsp3) is 0.381. The number of piperazine rings is 1. The van der Waals surface area contributed by atoms with Gasteiger partial charge in [0.2, 0.25) is 10.0 Å². The summed E-state index contributed by atoms with van der Waals surface area (Å²) in [7, 11) is -3.17. The number of sulfonamides is 1. The van der Waals surface area contributed by atoms with Crippen LogP contribution in [0, 0.1) is 17.0 Å². The summed E-state index contributed by atoms with van der Waals surface area (Å²) in [6.07, 6.45) is 0. The van der Waals surface area contributed by atoms with Crippen molar-refractivity contribution in [3.8, 4) is 0 Å². The number of amides is 1. The molecule has 3 rings (SSSR count). The van der Waals surface area contributed by atoms with Crippen molar-refractivity contribution in [1.82, 2.24) is 9.21 Å². The van der Waals surface area contributed by atoms with Gasteiger partial charge in [-0.05, 0) is 37.1 Å². The molecule has 0 aliphatic carbocycles. The summed E-state index contributed by atoms with van der Waals surface area (Å²) in [4.78, 5) is 25.4. The molecule has 0 atom stereocenters. The Morgan fingerprint density at radius 1 is 1.13 bits per heavy atom. The summed E-state index contributed by atoms with van der Waals surface area (Å²) < 4.78 is 25.5. The molecule has 0 bridgehead atoms. The summed E-state index contributed by atoms with van der Waals surface area (Å²) in [5.74, 6) is -0.238. The van der Waals surface area contributed by atoms with Gasteiger partial charge in [0.05, 0.1) is 16.4 Å². The van der Waals surface area contributed by atoms with Crippen LogP contribution in [-0.2, 0) is 16.6 Å². The second-order valence-corrected chi connectivity index (χ2v) is 9.74. The summed E-state index contributed by atoms with van der Waals surface area (Å²) in [5, 5.41) is 13.7. The van der Waals surface area contributed by atoms with E-state index in [1.165, 1.54) is 16.4 Å². The molecule has 1 amide bonds. The molecule has 1 N–H and O–H groups in total. The highest BCUT2D eigenvalue weighted by atomic mass is 32.2. The monoisotopic (exact) mass is 446 g/mol. The average molecular weight is 447 g/mol. The predicted molar refractivity (Wildman–Crippen MR) is 119 cm³/mol. The van der Waals surface area contributed by atoms with E-state index in [-0.39, 0.29) is 17.3 Å². The number of hydrogen-bond donors (Lipinski definition) is 1. The van der Waals surface area contributed by atoms with Crippen molar-refractivity contribution in [2.75, 3.05) is 37.2 Å². The molecular weight excluding hydrogens is 420 g/mol. The molecule has 1 fully saturated rings. The van der Waals surface area contributed by atoms with Gasteiger partial charge >= 0.3 is 0 Å². The second kappa shape index (κ2) is 9.54. The summed E-state index contributed by atoms with van der Waals surface area (Å²) in [6.45, 7) is 6.20. The van der Waals surface area contributed by atoms with Crippen LogP contribution in [0.15, 0.2) is 42.5 Å². The van der Waals surface area contributed by atoms with Crippen molar-refractivity contribution >= 4 is 27.3 Å². The number of rotatable bonds is 7. The third-order valence-electron chi connectivity index (χ3n) is 5.36. The molecule has 31 heavy (non-hydrogen) atoms. The Bertz CT molecular complexity index is 1080. The van der Waals surface area contributed by atoms with E-state index in [2.05, 4.69) is 10.2 Å². The largest absolute Gasteiger partial charge is 0.321 e. The number of hydrogen-bond acceptors (Lipinski definition) is 6. The lowest BCUT2D eigenvalue weighted by Crippen LogP contribution is -2.48. The summed E-state index contributed by atoms with van der Waals surface area (Å²) >= 11 is 0. The first kappa shape index (κ1) is 22.9. The third kappa shape index (κ3) is 5.66. The third-order valence-corrected chi connectivity index (χ3v) is 7.25. The Kier molecular flexibility index (Phi) is 7.04. The number of carbonyl (C=O) groups excluding carboxylic acids is 1. The molecule has 2 aromatic rings. The maximum atomic E-state index is 12.7. The van der Waals surface area contributed by atoms with Gasteiger partial charge in [0.1, 0.15) is 0 Å². The second-order valence-electron chi connectivity index (χ2n) is 7.49. The van der Waals surface area contributed by atoms with Gasteiger partial charge in [-0.15, -0.1) is 0 Å². The van der Waals surface area contributed by atoms with Crippen molar-refractivity contribution in [3.05, 3.63) is 69.3 Å². The van der Waals surface area contributed by atoms with E-state index in [4.69, 9.17) is 0 Å². The Morgan fingerprint density at radius 3 is 2.48 bits per heavy atom. The van der Waals surface area contributed by atoms with Gasteiger partial charge in [-0.1, -0.05) is 18.2 Å². The number of nitro groups is 1. The van der Waals surface area contributed by atoms with Gasteiger partial charge < -0.3 is 5.32 Å². The van der Waals surface area contributed by atoms with Crippen LogP contribution in [-0.4, -0.2) is 60.4 Å². The molecule has 1 heterocycles. The molecule has 0 unspecified atom stereocenters. The molecule has 9 nitrogen and oxygen atoms in total. The zero-order valence-electron chi connectivity index (χ0n) is 17.6. The van der Waals surface area contributed by atoms with Crippen molar-refractivity contribution < 1.29 is 18.1 Å². The predicted octanol–water partition coefficient (Wildman–Crippen LogP) is 2.62. The van der Waals surface area contributed by atoms with Crippen LogP contribution >= 0.6 is 0 Å². The van der Waals surface area contributed by atoms with Crippen molar-refractivity contribution in [1.29, 1.82) is 0 Å². The number of nitro benzene ring substituents is 1. The summed E-state index contributed by atoms with van der Waals surface area (Å²) in [6, 6.07) is 11.5. The topological polar surface area (TPSA) is 113 Å². The molecule has 1 aliphatic heterocycles. The van der Waals surface area contributed by atoms with E-state index in [0.29, 0.717) is 44.0 Å². The quantitative estimate of drug-likeness (QED) is 0.517. The molecule has 0 saturated carbocycles. The highest BCUT2D eigenvalue weighted by molar-refractivity contribution is 7.89. The normalized spacial score (nSPS) is 15.5. The van der Waals surface area contributed by atoms with Crippen LogP contribution in [0.4, 0.5) is 11.4 Å². The van der Waals surface area contributed by atoms with Gasteiger partial charge in [-0.25, -0.2) is 8.42 Å². The van der Waals surface area contributed by atoms with Crippen LogP contribution in [0.25, 0.3) is 0 Å². The van der Waals surface area contributed by atoms with Gasteiger partial charge in [0.25, 0.3) is 11.6 Å². The standard InChI is InChI=1S/C21H26N4O5S/c1-3-31(29,30)24-11-9-23(10-12-24)15-17-5-4-6-18(13-17)21(26)22-20-14-19(25(27)28)8-7-16(20)2/h4-8,13-14H,3,9-12,15H2,1-2H3,(H,22,26). The van der Waals surface area contributed by atoms with Gasteiger partial charge in [-0.2, -0.15) is 4.31 Å². The first-order valence-corrected chi connectivity index (χ1v) is 11.7. The fourth-order valence-corrected chi connectivity index (χ4v) is 4.55. The van der Waals surface area contributed by atoms with E-state index < -0.39 is 14.9 Å². The van der Waals surface area contributed by atoms with Gasteiger partial charge in [0, 0.05) is 50.4 Å². The smallest absolute Gasteiger partial charge is 0.271 e. The molecule has 1 aliphatic rings. The van der Waals surface area contributed by atoms with Crippen LogP contribution in [0.3, 0.4) is 0 Å². The zero-order chi connectivity index (χ0) is 22.6. The lowest BCUT2D eigenvalue weighted by molar-refractivity contribution is -0.384. The summed E-state index contributed by atoms with van der Waals surface area (Å²) in [5.41, 5.74) is 2.44. The Hall–Kier alpha value is -2.82. The number of nitrogens with zero attached hydrogens (tertiary/aromatic N) is 3. The molecule has 0 radical (unpaired) electrons. The SMILES string of the molecule is CCS(=O)(=O)N1CCN(Cc2cccc(C(=O)Nc3cc([N+](=O)[O-])ccc3C)c2)CC1. The van der Waals surface area contributed by atoms with Crippen molar-refractivity contribution in [2.45, 2.75) is 20.4 Å². The first-order chi connectivity index (χ1) is 14.7. The Labute approximate surface area is 181 Å². The number of nitrogens with one attached hydrogen (secondary N) is 1. The van der Waals surface area contributed by atoms with E-state index in [9.17, 15) is 23.3 Å². The van der Waals surface area contributed by atoms with E-state index in [1.54, 1.807) is 38.1 Å². The maximum Gasteiger partial charge on any atom is 0.271 e. The van der Waals surface area contributed by atoms with Gasteiger partial charge in [0.15, 0.2) is 0 Å². The van der Waals surface area contributed by atoms with Crippen LogP contribution in [0.5, 0.6) is 0 Å². The number of anilines is 1. The van der Waals surface area contributed by atoms with Crippen molar-refractivity contribution in [3.63, 3.8) is 0 Å². The number of benzene rings is 2. The minimum atomic E-state index is -3.17. The highest BCUT2D eigenvalue weighted by Crippen LogP contribution is 2.23. The zero-order valence-corrected chi connectivity index (χ0v) is 18.4. The minimum absolute atomic E-state index is 0.0844. The molecular formula is C21H26N4O5S. The first-order valence-electron chi connectivity index (χ1n) is 10.0. The molecule has 1 saturated heterocycles. The van der Waals surface area contributed by atoms with E-state index in [0.717, 1.165) is 11.1 Å². The number of non-ortho nitro benzene ring substituents is 1. The average Bonchev–Trinajstić information content (AvgIpc) is 2.75. The number of carbonyl (C=O) groups is 1. The van der Waals surface area contributed by atoms with Crippen LogP contribution in [0.1, 0.15) is 28.4 Å². The van der Waals surface area contributed by atoms with Crippen molar-refractivity contribution in [2.24, 2.45) is 0 Å². The molecule has 10 heteroatoms. The van der Waals surface area contributed by atoms with E-state index in [1.807, 2.05) is 6.07 Å². The maximum absolute atomic E-state index is 12.7. The Morgan fingerprint density at radius 2 is 1.84 bits per heavy atom. The van der Waals surface area contributed by atoms with Crippen LogP contribution < -0.4 is 5.32 Å². The molecule has 0 spiro atoms. The molecule has 2 aromatic carbocycles. The molecule has 166 valence electrons. The lowest BCUT2D eigenvalue weighted by atomic mass is 10.1. The Balaban J connectivity index is 1.65. The highest BCUT2D eigenvalue weighted by Gasteiger charge is 2.25.